The van der Waals surface area contributed by atoms with Crippen molar-refractivity contribution in [3.05, 3.63) is 95.6 Å². The van der Waals surface area contributed by atoms with Crippen LogP contribution in [0, 0.1) is 0 Å². The van der Waals surface area contributed by atoms with Gasteiger partial charge in [-0.15, -0.1) is 0 Å². The Hall–Kier alpha value is -1.52. The molecule has 0 atom stereocenters. The first kappa shape index (κ1) is 28.5. The Morgan fingerprint density at radius 1 is 0.531 bits per heavy atom. The number of hydrogen-bond acceptors (Lipinski definition) is 0. The lowest BCUT2D eigenvalue weighted by atomic mass is 10.0. The summed E-state index contributed by atoms with van der Waals surface area (Å²) < 4.78 is 4.66. The first-order valence-electron chi connectivity index (χ1n) is 11.8. The van der Waals surface area contributed by atoms with Gasteiger partial charge in [-0.3, -0.25) is 0 Å². The summed E-state index contributed by atoms with van der Waals surface area (Å²) in [5, 5.41) is 0. The lowest BCUT2D eigenvalue weighted by Crippen LogP contribution is -3.00. The molecular weight excluding hydrogens is 524 g/mol. The van der Waals surface area contributed by atoms with E-state index >= 15 is 0 Å². The van der Waals surface area contributed by atoms with Crippen LogP contribution in [0.5, 0.6) is 0 Å². The zero-order valence-electron chi connectivity index (χ0n) is 19.6. The van der Waals surface area contributed by atoms with E-state index < -0.39 is 0 Å². The maximum absolute atomic E-state index is 2.33. The summed E-state index contributed by atoms with van der Waals surface area (Å²) in [6.07, 6.45) is 18.5. The Kier molecular flexibility index (Phi) is 14.4. The Bertz CT molecular complexity index is 819. The molecule has 0 spiro atoms. The largest absolute Gasteiger partial charge is 1.00 e. The number of aryl methyl sites for hydroxylation is 6. The van der Waals surface area contributed by atoms with Crippen LogP contribution < -0.4 is 43.1 Å². The highest BCUT2D eigenvalue weighted by Crippen LogP contribution is 2.11. The van der Waals surface area contributed by atoms with Crippen molar-refractivity contribution in [3.63, 3.8) is 0 Å². The van der Waals surface area contributed by atoms with Crippen molar-refractivity contribution in [1.82, 2.24) is 0 Å². The molecule has 32 heavy (non-hydrogen) atoms. The van der Waals surface area contributed by atoms with Crippen molar-refractivity contribution in [3.8, 4) is 0 Å². The Morgan fingerprint density at radius 2 is 0.938 bits per heavy atom. The van der Waals surface area contributed by atoms with Gasteiger partial charge in [0.1, 0.15) is 13.1 Å². The minimum absolute atomic E-state index is 0. The van der Waals surface area contributed by atoms with E-state index in [0.717, 1.165) is 25.9 Å². The topological polar surface area (TPSA) is 7.76 Å². The standard InChI is InChI=1S/C28H38N2.2BrH/c1-3-25-13-9-21-29(23-25)19-7-5-11-27-15-17-28(18-16-27)12-6-8-20-30-22-10-14-26(4-2)24-30;;/h9-10,13-18,21-24H,3-8,11-12,19-20H2,1-2H3;2*1H/q+2;;/p-2. The number of unbranched alkanes of at least 4 members (excludes halogenated alkanes) is 2. The van der Waals surface area contributed by atoms with Crippen molar-refractivity contribution >= 4 is 0 Å². The average Bonchev–Trinajstić information content (AvgIpc) is 2.80. The number of benzene rings is 1. The maximum atomic E-state index is 2.33. The van der Waals surface area contributed by atoms with Gasteiger partial charge < -0.3 is 34.0 Å². The molecule has 4 heteroatoms. The first-order valence-corrected chi connectivity index (χ1v) is 11.8. The number of nitrogens with zero attached hydrogens (tertiary/aromatic N) is 2. The smallest absolute Gasteiger partial charge is 0.171 e. The summed E-state index contributed by atoms with van der Waals surface area (Å²) in [5.74, 6) is 0. The lowest BCUT2D eigenvalue weighted by Gasteiger charge is -2.05. The van der Waals surface area contributed by atoms with Crippen LogP contribution in [0.1, 0.15) is 61.8 Å². The van der Waals surface area contributed by atoms with E-state index in [4.69, 9.17) is 0 Å². The predicted molar refractivity (Wildman–Crippen MR) is 124 cm³/mol. The van der Waals surface area contributed by atoms with Gasteiger partial charge in [0.25, 0.3) is 0 Å². The molecule has 174 valence electrons. The summed E-state index contributed by atoms with van der Waals surface area (Å²) in [5.41, 5.74) is 5.78. The van der Waals surface area contributed by atoms with E-state index in [9.17, 15) is 0 Å². The molecule has 2 aromatic heterocycles. The normalized spacial score (nSPS) is 10.3. The van der Waals surface area contributed by atoms with Gasteiger partial charge >= 0.3 is 0 Å². The molecule has 0 fully saturated rings. The van der Waals surface area contributed by atoms with E-state index in [1.807, 2.05) is 0 Å². The fourth-order valence-corrected chi connectivity index (χ4v) is 3.97. The van der Waals surface area contributed by atoms with Gasteiger partial charge in [0, 0.05) is 36.1 Å². The SMILES string of the molecule is CCc1ccc[n+](CCCCc2ccc(CCCC[n+]3cccc(CC)c3)cc2)c1.[Br-].[Br-]. The highest BCUT2D eigenvalue weighted by molar-refractivity contribution is 5.22. The van der Waals surface area contributed by atoms with E-state index in [-0.39, 0.29) is 34.0 Å². The number of aromatic nitrogens is 2. The maximum Gasteiger partial charge on any atom is 0.171 e. The molecule has 0 aliphatic carbocycles. The third-order valence-electron chi connectivity index (χ3n) is 5.94. The van der Waals surface area contributed by atoms with Crippen LogP contribution in [0.3, 0.4) is 0 Å². The van der Waals surface area contributed by atoms with E-state index in [2.05, 4.69) is 96.3 Å². The van der Waals surface area contributed by atoms with Gasteiger partial charge in [-0.25, -0.2) is 9.13 Å². The minimum Gasteiger partial charge on any atom is -1.00 e. The zero-order chi connectivity index (χ0) is 21.0. The molecule has 3 aromatic rings. The molecule has 0 bridgehead atoms. The monoisotopic (exact) mass is 560 g/mol. The zero-order valence-corrected chi connectivity index (χ0v) is 22.8. The second-order valence-electron chi connectivity index (χ2n) is 8.34. The summed E-state index contributed by atoms with van der Waals surface area (Å²) in [6, 6.07) is 18.1. The average molecular weight is 562 g/mol. The second-order valence-corrected chi connectivity index (χ2v) is 8.34. The molecule has 0 aliphatic rings. The molecule has 1 aromatic carbocycles. The number of hydrogen-bond donors (Lipinski definition) is 0. The third kappa shape index (κ3) is 9.95. The van der Waals surface area contributed by atoms with Crippen LogP contribution in [0.15, 0.2) is 73.3 Å². The van der Waals surface area contributed by atoms with Crippen molar-refractivity contribution < 1.29 is 43.1 Å². The van der Waals surface area contributed by atoms with Gasteiger partial charge in [-0.05, 0) is 61.8 Å². The second kappa shape index (κ2) is 16.1. The molecule has 0 radical (unpaired) electrons. The fraction of sp³-hybridized carbons (Fsp3) is 0.429. The Morgan fingerprint density at radius 3 is 1.31 bits per heavy atom. The fourth-order valence-electron chi connectivity index (χ4n) is 3.97. The molecule has 0 aliphatic heterocycles. The van der Waals surface area contributed by atoms with Crippen LogP contribution >= 0.6 is 0 Å². The Labute approximate surface area is 216 Å². The van der Waals surface area contributed by atoms with Gasteiger partial charge in [0.15, 0.2) is 24.8 Å². The molecule has 2 heterocycles. The quantitative estimate of drug-likeness (QED) is 0.207. The molecule has 0 saturated carbocycles. The van der Waals surface area contributed by atoms with Gasteiger partial charge in [0.2, 0.25) is 0 Å². The number of halogens is 2. The van der Waals surface area contributed by atoms with Crippen LogP contribution in [-0.2, 0) is 38.8 Å². The molecule has 3 rings (SSSR count). The molecule has 0 amide bonds. The van der Waals surface area contributed by atoms with Crippen LogP contribution in [-0.4, -0.2) is 0 Å². The van der Waals surface area contributed by atoms with Crippen LogP contribution in [0.2, 0.25) is 0 Å². The number of pyridine rings is 2. The van der Waals surface area contributed by atoms with Crippen molar-refractivity contribution in [2.75, 3.05) is 0 Å². The molecule has 0 N–H and O–H groups in total. The summed E-state index contributed by atoms with van der Waals surface area (Å²) in [4.78, 5) is 0. The summed E-state index contributed by atoms with van der Waals surface area (Å²) in [7, 11) is 0. The number of rotatable bonds is 12. The van der Waals surface area contributed by atoms with E-state index in [1.54, 1.807) is 0 Å². The van der Waals surface area contributed by atoms with Crippen molar-refractivity contribution in [2.45, 2.75) is 78.3 Å². The van der Waals surface area contributed by atoms with Gasteiger partial charge in [0.05, 0.1) is 0 Å². The van der Waals surface area contributed by atoms with Crippen molar-refractivity contribution in [1.29, 1.82) is 0 Å². The van der Waals surface area contributed by atoms with Gasteiger partial charge in [-0.2, -0.15) is 0 Å². The molecule has 0 saturated heterocycles. The Balaban J connectivity index is 0.00000256. The third-order valence-corrected chi connectivity index (χ3v) is 5.94. The lowest BCUT2D eigenvalue weighted by molar-refractivity contribution is -0.697. The first-order chi connectivity index (χ1) is 14.8. The van der Waals surface area contributed by atoms with Gasteiger partial charge in [-0.1, -0.05) is 38.1 Å². The highest BCUT2D eigenvalue weighted by Gasteiger charge is 2.04. The van der Waals surface area contributed by atoms with Crippen molar-refractivity contribution in [2.24, 2.45) is 0 Å². The summed E-state index contributed by atoms with van der Waals surface area (Å²) >= 11 is 0. The van der Waals surface area contributed by atoms with Crippen LogP contribution in [0.25, 0.3) is 0 Å². The van der Waals surface area contributed by atoms with E-state index in [1.165, 1.54) is 60.8 Å². The highest BCUT2D eigenvalue weighted by atomic mass is 79.9. The molecule has 2 nitrogen and oxygen atoms in total. The van der Waals surface area contributed by atoms with Crippen LogP contribution in [0.4, 0.5) is 0 Å². The minimum atomic E-state index is 0. The molecule has 0 unspecified atom stereocenters. The molecular formula is C28H38Br2N2. The summed E-state index contributed by atoms with van der Waals surface area (Å²) in [6.45, 7) is 6.66. The predicted octanol–water partition coefficient (Wildman–Crippen LogP) is -0.560. The van der Waals surface area contributed by atoms with E-state index in [0.29, 0.717) is 0 Å².